The van der Waals surface area contributed by atoms with E-state index in [4.69, 9.17) is 0 Å². The van der Waals surface area contributed by atoms with Gasteiger partial charge in [0.25, 0.3) is 0 Å². The van der Waals surface area contributed by atoms with Crippen LogP contribution in [0.25, 0.3) is 0 Å². The van der Waals surface area contributed by atoms with Crippen molar-refractivity contribution in [3.8, 4) is 0 Å². The lowest BCUT2D eigenvalue weighted by molar-refractivity contribution is -0.404. The number of quaternary nitrogens is 1. The Morgan fingerprint density at radius 2 is 2.00 bits per heavy atom. The number of nitrogens with one attached hydrogen (secondary N) is 1. The van der Waals surface area contributed by atoms with Crippen LogP contribution in [0.4, 0.5) is 10.2 Å². The average Bonchev–Trinajstić information content (AvgIpc) is 2.46. The molecule has 0 aliphatic carbocycles. The number of anilines is 1. The highest BCUT2D eigenvalue weighted by atomic mass is 19.1. The Hall–Kier alpha value is -2.27. The summed E-state index contributed by atoms with van der Waals surface area (Å²) in [6, 6.07) is 8.46. The molecule has 1 aromatic carbocycles. The molecule has 0 saturated heterocycles. The average molecular weight is 260 g/mol. The van der Waals surface area contributed by atoms with Crippen LogP contribution in [0.3, 0.4) is 0 Å². The molecule has 98 valence electrons. The van der Waals surface area contributed by atoms with Crippen LogP contribution in [0.15, 0.2) is 42.6 Å². The zero-order valence-corrected chi connectivity index (χ0v) is 10.6. The summed E-state index contributed by atoms with van der Waals surface area (Å²) in [7, 11) is 1.76. The first-order chi connectivity index (χ1) is 9.11. The molecule has 0 fully saturated rings. The van der Waals surface area contributed by atoms with E-state index in [1.165, 1.54) is 24.3 Å². The van der Waals surface area contributed by atoms with Crippen molar-refractivity contribution in [3.05, 3.63) is 59.5 Å². The minimum absolute atomic E-state index is 0.145. The first-order valence-electron chi connectivity index (χ1n) is 5.88. The van der Waals surface area contributed by atoms with Gasteiger partial charge in [-0.2, -0.15) is 0 Å². The van der Waals surface area contributed by atoms with E-state index in [0.717, 1.165) is 5.56 Å². The summed E-state index contributed by atoms with van der Waals surface area (Å²) < 4.78 is 12.8. The highest BCUT2D eigenvalue weighted by molar-refractivity contribution is 5.99. The summed E-state index contributed by atoms with van der Waals surface area (Å²) in [5.74, 6) is 0.171. The largest absolute Gasteiger partial charge is 0.373 e. The molecule has 0 bridgehead atoms. The van der Waals surface area contributed by atoms with Gasteiger partial charge in [0.05, 0.1) is 0 Å². The number of pyridine rings is 1. The van der Waals surface area contributed by atoms with Gasteiger partial charge in [-0.1, -0.05) is 0 Å². The highest BCUT2D eigenvalue weighted by Crippen LogP contribution is 2.17. The molecule has 4 nitrogen and oxygen atoms in total. The monoisotopic (exact) mass is 260 g/mol. The van der Waals surface area contributed by atoms with Gasteiger partial charge in [-0.3, -0.25) is 4.79 Å². The second-order valence-electron chi connectivity index (χ2n) is 4.15. The van der Waals surface area contributed by atoms with E-state index < -0.39 is 6.04 Å². The minimum atomic E-state index is -0.541. The fourth-order valence-electron chi connectivity index (χ4n) is 1.77. The van der Waals surface area contributed by atoms with Gasteiger partial charge >= 0.3 is 0 Å². The van der Waals surface area contributed by atoms with E-state index in [2.05, 4.69) is 16.0 Å². The number of hydrogen-bond acceptors (Lipinski definition) is 3. The molecule has 0 radical (unpaired) electrons. The Bertz CT molecular complexity index is 583. The molecule has 4 N–H and O–H groups in total. The number of aromatic nitrogens is 1. The van der Waals surface area contributed by atoms with Gasteiger partial charge in [-0.05, 0) is 36.4 Å². The molecule has 5 heteroatoms. The van der Waals surface area contributed by atoms with Crippen molar-refractivity contribution in [1.29, 1.82) is 0 Å². The Labute approximate surface area is 110 Å². The molecule has 2 aromatic rings. The Kier molecular flexibility index (Phi) is 3.87. The predicted molar refractivity (Wildman–Crippen MR) is 70.1 cm³/mol. The molecule has 0 saturated carbocycles. The maximum Gasteiger partial charge on any atom is 0.224 e. The summed E-state index contributed by atoms with van der Waals surface area (Å²) in [5.41, 5.74) is 5.10. The Morgan fingerprint density at radius 3 is 2.63 bits per heavy atom. The summed E-state index contributed by atoms with van der Waals surface area (Å²) in [6.45, 7) is 0. The van der Waals surface area contributed by atoms with Crippen LogP contribution in [-0.4, -0.2) is 17.8 Å². The van der Waals surface area contributed by atoms with Gasteiger partial charge < -0.3 is 11.1 Å². The molecular weight excluding hydrogens is 245 g/mol. The number of carbonyl (C=O) groups is 1. The first-order valence-corrected chi connectivity index (χ1v) is 5.88. The first kappa shape index (κ1) is 13.2. The number of benzene rings is 1. The lowest BCUT2D eigenvalue weighted by atomic mass is 9.99. The summed E-state index contributed by atoms with van der Waals surface area (Å²) in [6.07, 6.45) is 1.62. The van der Waals surface area contributed by atoms with Crippen molar-refractivity contribution in [2.24, 2.45) is 0 Å². The topological polar surface area (TPSA) is 69.6 Å². The normalized spacial score (nSPS) is 11.9. The minimum Gasteiger partial charge on any atom is -0.373 e. The SMILES string of the molecule is CNc1cc(C([NH3+])C(=O)c2ccc(F)cc2)ccn1. The highest BCUT2D eigenvalue weighted by Gasteiger charge is 2.21. The van der Waals surface area contributed by atoms with E-state index in [9.17, 15) is 9.18 Å². The van der Waals surface area contributed by atoms with Crippen LogP contribution in [-0.2, 0) is 0 Å². The maximum atomic E-state index is 12.8. The fraction of sp³-hybridized carbons (Fsp3) is 0.143. The Balaban J connectivity index is 2.25. The molecule has 0 aliphatic rings. The number of ketones is 1. The summed E-state index contributed by atoms with van der Waals surface area (Å²) in [4.78, 5) is 16.3. The molecular formula is C14H15FN3O+. The van der Waals surface area contributed by atoms with Gasteiger partial charge in [0.1, 0.15) is 11.6 Å². The smallest absolute Gasteiger partial charge is 0.224 e. The van der Waals surface area contributed by atoms with Gasteiger partial charge in [0.15, 0.2) is 6.04 Å². The third-order valence-electron chi connectivity index (χ3n) is 2.89. The van der Waals surface area contributed by atoms with Crippen molar-refractivity contribution in [2.45, 2.75) is 6.04 Å². The zero-order chi connectivity index (χ0) is 13.8. The van der Waals surface area contributed by atoms with Crippen LogP contribution >= 0.6 is 0 Å². The van der Waals surface area contributed by atoms with Crippen LogP contribution in [0.1, 0.15) is 22.0 Å². The van der Waals surface area contributed by atoms with Gasteiger partial charge in [0.2, 0.25) is 5.78 Å². The second-order valence-corrected chi connectivity index (χ2v) is 4.15. The van der Waals surface area contributed by atoms with Crippen molar-refractivity contribution >= 4 is 11.6 Å². The summed E-state index contributed by atoms with van der Waals surface area (Å²) in [5, 5.41) is 2.91. The number of halogens is 1. The number of rotatable bonds is 4. The van der Waals surface area contributed by atoms with E-state index in [1.807, 2.05) is 0 Å². The number of hydrogen-bond donors (Lipinski definition) is 2. The van der Waals surface area contributed by atoms with Crippen LogP contribution in [0.2, 0.25) is 0 Å². The van der Waals surface area contributed by atoms with Crippen LogP contribution in [0.5, 0.6) is 0 Å². The van der Waals surface area contributed by atoms with E-state index >= 15 is 0 Å². The molecule has 1 heterocycles. The molecule has 0 aliphatic heterocycles. The van der Waals surface area contributed by atoms with E-state index in [1.54, 1.807) is 25.4 Å². The van der Waals surface area contributed by atoms with Gasteiger partial charge in [0, 0.05) is 24.4 Å². The predicted octanol–water partition coefficient (Wildman–Crippen LogP) is 1.43. The molecule has 0 spiro atoms. The molecule has 0 amide bonds. The molecule has 19 heavy (non-hydrogen) atoms. The molecule has 1 aromatic heterocycles. The lowest BCUT2D eigenvalue weighted by Crippen LogP contribution is -2.57. The maximum absolute atomic E-state index is 12.8. The Morgan fingerprint density at radius 1 is 1.32 bits per heavy atom. The third kappa shape index (κ3) is 2.95. The van der Waals surface area contributed by atoms with Gasteiger partial charge in [-0.25, -0.2) is 9.37 Å². The van der Waals surface area contributed by atoms with Crippen molar-refractivity contribution in [3.63, 3.8) is 0 Å². The van der Waals surface area contributed by atoms with Crippen LogP contribution in [0, 0.1) is 5.82 Å². The number of Topliss-reactive ketones (excluding diaryl/α,β-unsaturated/α-hetero) is 1. The number of carbonyl (C=O) groups excluding carboxylic acids is 1. The van der Waals surface area contributed by atoms with E-state index in [0.29, 0.717) is 11.4 Å². The van der Waals surface area contributed by atoms with Gasteiger partial charge in [-0.15, -0.1) is 0 Å². The van der Waals surface area contributed by atoms with Crippen molar-refractivity contribution in [2.75, 3.05) is 12.4 Å². The standard InChI is InChI=1S/C14H14FN3O/c1-17-12-8-10(6-7-18-12)13(16)14(19)9-2-4-11(15)5-3-9/h2-8,13H,16H2,1H3,(H,17,18)/p+1. The second kappa shape index (κ2) is 5.58. The molecule has 1 atom stereocenters. The van der Waals surface area contributed by atoms with Crippen molar-refractivity contribution < 1.29 is 14.9 Å². The fourth-order valence-corrected chi connectivity index (χ4v) is 1.77. The molecule has 1 unspecified atom stereocenters. The third-order valence-corrected chi connectivity index (χ3v) is 2.89. The summed E-state index contributed by atoms with van der Waals surface area (Å²) >= 11 is 0. The molecule has 2 rings (SSSR count). The zero-order valence-electron chi connectivity index (χ0n) is 10.6. The van der Waals surface area contributed by atoms with E-state index in [-0.39, 0.29) is 11.6 Å². The lowest BCUT2D eigenvalue weighted by Gasteiger charge is -2.09. The van der Waals surface area contributed by atoms with Crippen LogP contribution < -0.4 is 11.1 Å². The quantitative estimate of drug-likeness (QED) is 0.817. The van der Waals surface area contributed by atoms with Crippen molar-refractivity contribution in [1.82, 2.24) is 4.98 Å². The number of nitrogens with zero attached hydrogens (tertiary/aromatic N) is 1.